The summed E-state index contributed by atoms with van der Waals surface area (Å²) in [4.78, 5) is 11.9. The number of furan rings is 1. The molecule has 0 saturated carbocycles. The van der Waals surface area contributed by atoms with Gasteiger partial charge in [0, 0.05) is 6.04 Å². The Morgan fingerprint density at radius 1 is 1.14 bits per heavy atom. The maximum absolute atomic E-state index is 11.9. The lowest BCUT2D eigenvalue weighted by molar-refractivity contribution is -0.120. The molecule has 0 spiro atoms. The molecular formula is C17H22N2O2. The van der Waals surface area contributed by atoms with E-state index in [1.165, 1.54) is 5.56 Å². The number of carbonyl (C=O) groups is 1. The van der Waals surface area contributed by atoms with Crippen LogP contribution in [-0.2, 0) is 11.3 Å². The first-order chi connectivity index (χ1) is 10.2. The molecule has 1 aromatic carbocycles. The zero-order chi connectivity index (χ0) is 15.1. The SMILES string of the molecule is CC(C)[C@@H](NCC(=O)NCc1ccco1)c1ccccc1. The van der Waals surface area contributed by atoms with Crippen LogP contribution in [0.15, 0.2) is 53.1 Å². The van der Waals surface area contributed by atoms with E-state index in [0.29, 0.717) is 19.0 Å². The molecule has 2 aromatic rings. The summed E-state index contributed by atoms with van der Waals surface area (Å²) in [6.07, 6.45) is 1.60. The highest BCUT2D eigenvalue weighted by Gasteiger charge is 2.16. The van der Waals surface area contributed by atoms with Gasteiger partial charge in [-0.05, 0) is 23.6 Å². The standard InChI is InChI=1S/C17H22N2O2/c1-13(2)17(14-7-4-3-5-8-14)19-12-16(20)18-11-15-9-6-10-21-15/h3-10,13,17,19H,11-12H2,1-2H3,(H,18,20)/t17-/m1/s1. The molecule has 1 atom stereocenters. The van der Waals surface area contributed by atoms with Crippen LogP contribution in [0.2, 0.25) is 0 Å². The van der Waals surface area contributed by atoms with Gasteiger partial charge in [0.15, 0.2) is 0 Å². The highest BCUT2D eigenvalue weighted by molar-refractivity contribution is 5.77. The van der Waals surface area contributed by atoms with Gasteiger partial charge in [-0.3, -0.25) is 4.79 Å². The Bertz CT molecular complexity index is 535. The lowest BCUT2D eigenvalue weighted by atomic mass is 9.96. The fourth-order valence-corrected chi connectivity index (χ4v) is 2.26. The van der Waals surface area contributed by atoms with Gasteiger partial charge in [-0.2, -0.15) is 0 Å². The van der Waals surface area contributed by atoms with Gasteiger partial charge >= 0.3 is 0 Å². The third-order valence-electron chi connectivity index (χ3n) is 3.35. The van der Waals surface area contributed by atoms with Crippen LogP contribution in [0.4, 0.5) is 0 Å². The Morgan fingerprint density at radius 3 is 2.52 bits per heavy atom. The normalized spacial score (nSPS) is 12.3. The molecule has 112 valence electrons. The third-order valence-corrected chi connectivity index (χ3v) is 3.35. The number of rotatable bonds is 7. The van der Waals surface area contributed by atoms with Gasteiger partial charge < -0.3 is 15.1 Å². The van der Waals surface area contributed by atoms with Crippen LogP contribution in [-0.4, -0.2) is 12.5 Å². The lowest BCUT2D eigenvalue weighted by Crippen LogP contribution is -2.36. The summed E-state index contributed by atoms with van der Waals surface area (Å²) in [6, 6.07) is 14.0. The van der Waals surface area contributed by atoms with E-state index in [0.717, 1.165) is 5.76 Å². The third kappa shape index (κ3) is 4.76. The van der Waals surface area contributed by atoms with Crippen molar-refractivity contribution in [1.29, 1.82) is 0 Å². The molecule has 0 radical (unpaired) electrons. The number of amides is 1. The quantitative estimate of drug-likeness (QED) is 0.823. The molecule has 0 bridgehead atoms. The molecular weight excluding hydrogens is 264 g/mol. The molecule has 0 aliphatic carbocycles. The summed E-state index contributed by atoms with van der Waals surface area (Å²) >= 11 is 0. The minimum Gasteiger partial charge on any atom is -0.467 e. The minimum atomic E-state index is -0.0343. The molecule has 2 rings (SSSR count). The minimum absolute atomic E-state index is 0.0343. The summed E-state index contributed by atoms with van der Waals surface area (Å²) < 4.78 is 5.18. The average molecular weight is 286 g/mol. The molecule has 1 aromatic heterocycles. The molecule has 0 unspecified atom stereocenters. The summed E-state index contributed by atoms with van der Waals surface area (Å²) in [6.45, 7) is 5.00. The van der Waals surface area contributed by atoms with E-state index in [1.807, 2.05) is 30.3 Å². The zero-order valence-corrected chi connectivity index (χ0v) is 12.5. The molecule has 4 heteroatoms. The van der Waals surface area contributed by atoms with E-state index < -0.39 is 0 Å². The summed E-state index contributed by atoms with van der Waals surface area (Å²) in [7, 11) is 0. The maximum atomic E-state index is 11.9. The van der Waals surface area contributed by atoms with Crippen molar-refractivity contribution in [2.45, 2.75) is 26.4 Å². The van der Waals surface area contributed by atoms with Crippen LogP contribution in [0.5, 0.6) is 0 Å². The van der Waals surface area contributed by atoms with Crippen molar-refractivity contribution in [3.63, 3.8) is 0 Å². The molecule has 0 saturated heterocycles. The second-order valence-electron chi connectivity index (χ2n) is 5.37. The highest BCUT2D eigenvalue weighted by Crippen LogP contribution is 2.20. The fourth-order valence-electron chi connectivity index (χ4n) is 2.26. The molecule has 4 nitrogen and oxygen atoms in total. The Hall–Kier alpha value is -2.07. The molecule has 1 amide bonds. The van der Waals surface area contributed by atoms with Crippen LogP contribution in [0, 0.1) is 5.92 Å². The van der Waals surface area contributed by atoms with Crippen LogP contribution < -0.4 is 10.6 Å². The van der Waals surface area contributed by atoms with Crippen LogP contribution >= 0.6 is 0 Å². The second kappa shape index (κ2) is 7.64. The van der Waals surface area contributed by atoms with Crippen molar-refractivity contribution in [2.24, 2.45) is 5.92 Å². The van der Waals surface area contributed by atoms with Crippen LogP contribution in [0.1, 0.15) is 31.2 Å². The van der Waals surface area contributed by atoms with Gasteiger partial charge in [-0.15, -0.1) is 0 Å². The van der Waals surface area contributed by atoms with Gasteiger partial charge in [0.1, 0.15) is 5.76 Å². The van der Waals surface area contributed by atoms with Crippen molar-refractivity contribution >= 4 is 5.91 Å². The van der Waals surface area contributed by atoms with Crippen molar-refractivity contribution < 1.29 is 9.21 Å². The largest absolute Gasteiger partial charge is 0.467 e. The van der Waals surface area contributed by atoms with Gasteiger partial charge in [0.2, 0.25) is 5.91 Å². The van der Waals surface area contributed by atoms with Crippen LogP contribution in [0.25, 0.3) is 0 Å². The molecule has 1 heterocycles. The number of benzene rings is 1. The smallest absolute Gasteiger partial charge is 0.234 e. The number of carbonyl (C=O) groups excluding carboxylic acids is 1. The van der Waals surface area contributed by atoms with Crippen molar-refractivity contribution in [3.8, 4) is 0 Å². The second-order valence-corrected chi connectivity index (χ2v) is 5.37. The van der Waals surface area contributed by atoms with E-state index in [1.54, 1.807) is 6.26 Å². The first-order valence-corrected chi connectivity index (χ1v) is 7.24. The first-order valence-electron chi connectivity index (χ1n) is 7.24. The van der Waals surface area contributed by atoms with E-state index in [-0.39, 0.29) is 11.9 Å². The molecule has 21 heavy (non-hydrogen) atoms. The summed E-state index contributed by atoms with van der Waals surface area (Å²) in [5.41, 5.74) is 1.20. The van der Waals surface area contributed by atoms with E-state index in [4.69, 9.17) is 4.42 Å². The predicted octanol–water partition coefficient (Wildman–Crippen LogP) is 2.88. The molecule has 2 N–H and O–H groups in total. The first kappa shape index (κ1) is 15.3. The van der Waals surface area contributed by atoms with Crippen LogP contribution in [0.3, 0.4) is 0 Å². The number of nitrogens with one attached hydrogen (secondary N) is 2. The summed E-state index contributed by atoms with van der Waals surface area (Å²) in [5.74, 6) is 1.13. The maximum Gasteiger partial charge on any atom is 0.234 e. The van der Waals surface area contributed by atoms with E-state index >= 15 is 0 Å². The van der Waals surface area contributed by atoms with Crippen molar-refractivity contribution in [1.82, 2.24) is 10.6 Å². The zero-order valence-electron chi connectivity index (χ0n) is 12.5. The predicted molar refractivity (Wildman–Crippen MR) is 82.6 cm³/mol. The Kier molecular flexibility index (Phi) is 5.58. The molecule has 0 fully saturated rings. The van der Waals surface area contributed by atoms with Gasteiger partial charge in [-0.1, -0.05) is 44.2 Å². The summed E-state index contributed by atoms with van der Waals surface area (Å²) in [5, 5.41) is 6.16. The van der Waals surface area contributed by atoms with E-state index in [2.05, 4.69) is 36.6 Å². The van der Waals surface area contributed by atoms with Crippen molar-refractivity contribution in [3.05, 3.63) is 60.1 Å². The molecule has 0 aliphatic heterocycles. The van der Waals surface area contributed by atoms with E-state index in [9.17, 15) is 4.79 Å². The number of hydrogen-bond acceptors (Lipinski definition) is 3. The molecule has 0 aliphatic rings. The van der Waals surface area contributed by atoms with Gasteiger partial charge in [-0.25, -0.2) is 0 Å². The van der Waals surface area contributed by atoms with Gasteiger partial charge in [0.25, 0.3) is 0 Å². The Labute approximate surface area is 125 Å². The Balaban J connectivity index is 1.83. The number of hydrogen-bond donors (Lipinski definition) is 2. The Morgan fingerprint density at radius 2 is 1.90 bits per heavy atom. The average Bonchev–Trinajstić information content (AvgIpc) is 2.99. The van der Waals surface area contributed by atoms with Crippen molar-refractivity contribution in [2.75, 3.05) is 6.54 Å². The monoisotopic (exact) mass is 286 g/mol. The van der Waals surface area contributed by atoms with Gasteiger partial charge in [0.05, 0.1) is 19.4 Å². The lowest BCUT2D eigenvalue weighted by Gasteiger charge is -2.22. The fraction of sp³-hybridized carbons (Fsp3) is 0.353. The highest BCUT2D eigenvalue weighted by atomic mass is 16.3. The topological polar surface area (TPSA) is 54.3 Å².